The van der Waals surface area contributed by atoms with Crippen LogP contribution in [0.25, 0.3) is 0 Å². The van der Waals surface area contributed by atoms with Crippen molar-refractivity contribution in [1.82, 2.24) is 0 Å². The smallest absolute Gasteiger partial charge is 0.122 e. The lowest BCUT2D eigenvalue weighted by molar-refractivity contribution is 0.304. The fourth-order valence-electron chi connectivity index (χ4n) is 1.66. The largest absolute Gasteiger partial charge is 0.489 e. The van der Waals surface area contributed by atoms with Crippen molar-refractivity contribution in [2.24, 2.45) is 0 Å². The first-order chi connectivity index (χ1) is 8.16. The summed E-state index contributed by atoms with van der Waals surface area (Å²) >= 11 is 0. The Kier molecular flexibility index (Phi) is 3.33. The van der Waals surface area contributed by atoms with Gasteiger partial charge in [0.15, 0.2) is 0 Å². The Morgan fingerprint density at radius 1 is 1.00 bits per heavy atom. The van der Waals surface area contributed by atoms with Crippen LogP contribution in [-0.2, 0) is 6.61 Å². The van der Waals surface area contributed by atoms with Gasteiger partial charge in [-0.15, -0.1) is 0 Å². The summed E-state index contributed by atoms with van der Waals surface area (Å²) in [5.74, 6) is 0.923. The average Bonchev–Trinajstić information content (AvgIpc) is 2.32. The molecule has 88 valence electrons. The predicted octanol–water partition coefficient (Wildman–Crippen LogP) is 3.46. The highest BCUT2D eigenvalue weighted by atomic mass is 16.5. The molecule has 0 saturated heterocycles. The number of anilines is 1. The van der Waals surface area contributed by atoms with Gasteiger partial charge in [-0.2, -0.15) is 0 Å². The second-order valence-corrected chi connectivity index (χ2v) is 4.25. The molecule has 0 amide bonds. The van der Waals surface area contributed by atoms with Crippen LogP contribution in [0.15, 0.2) is 42.5 Å². The molecule has 0 aliphatic heterocycles. The molecular formula is C15H17NO. The first kappa shape index (κ1) is 11.5. The van der Waals surface area contributed by atoms with Gasteiger partial charge >= 0.3 is 0 Å². The van der Waals surface area contributed by atoms with E-state index in [1.807, 2.05) is 56.3 Å². The van der Waals surface area contributed by atoms with Gasteiger partial charge in [0.05, 0.1) is 0 Å². The van der Waals surface area contributed by atoms with Gasteiger partial charge in [0.2, 0.25) is 0 Å². The molecule has 2 nitrogen and oxygen atoms in total. The van der Waals surface area contributed by atoms with E-state index in [0.717, 1.165) is 28.1 Å². The number of hydrogen-bond donors (Lipinski definition) is 1. The van der Waals surface area contributed by atoms with Gasteiger partial charge in [-0.3, -0.25) is 0 Å². The normalized spacial score (nSPS) is 10.2. The molecule has 0 aliphatic rings. The summed E-state index contributed by atoms with van der Waals surface area (Å²) in [5, 5.41) is 0. The topological polar surface area (TPSA) is 35.2 Å². The van der Waals surface area contributed by atoms with E-state index in [9.17, 15) is 0 Å². The van der Waals surface area contributed by atoms with Crippen LogP contribution in [0.2, 0.25) is 0 Å². The van der Waals surface area contributed by atoms with Gasteiger partial charge in [-0.05, 0) is 42.7 Å². The van der Waals surface area contributed by atoms with Crippen LogP contribution in [0, 0.1) is 13.8 Å². The van der Waals surface area contributed by atoms with Crippen LogP contribution < -0.4 is 10.5 Å². The van der Waals surface area contributed by atoms with E-state index < -0.39 is 0 Å². The number of hydrogen-bond acceptors (Lipinski definition) is 2. The number of ether oxygens (including phenoxy) is 1. The van der Waals surface area contributed by atoms with Crippen molar-refractivity contribution in [3.63, 3.8) is 0 Å². The Bertz CT molecular complexity index is 520. The Balaban J connectivity index is 2.08. The van der Waals surface area contributed by atoms with Crippen LogP contribution in [0.5, 0.6) is 5.75 Å². The average molecular weight is 227 g/mol. The number of nitrogen functional groups attached to an aromatic ring is 1. The monoisotopic (exact) mass is 227 g/mol. The number of para-hydroxylation sites is 1. The molecule has 2 aromatic carbocycles. The van der Waals surface area contributed by atoms with E-state index >= 15 is 0 Å². The van der Waals surface area contributed by atoms with E-state index in [1.54, 1.807) is 0 Å². The zero-order valence-electron chi connectivity index (χ0n) is 10.2. The molecule has 0 saturated carbocycles. The van der Waals surface area contributed by atoms with Crippen molar-refractivity contribution < 1.29 is 4.74 Å². The third-order valence-corrected chi connectivity index (χ3v) is 2.83. The van der Waals surface area contributed by atoms with E-state index in [-0.39, 0.29) is 0 Å². The van der Waals surface area contributed by atoms with Gasteiger partial charge in [0, 0.05) is 5.69 Å². The maximum Gasteiger partial charge on any atom is 0.122 e. The molecule has 0 spiro atoms. The van der Waals surface area contributed by atoms with Gasteiger partial charge in [-0.25, -0.2) is 0 Å². The Hall–Kier alpha value is -1.96. The van der Waals surface area contributed by atoms with E-state index in [0.29, 0.717) is 6.61 Å². The molecule has 2 N–H and O–H groups in total. The van der Waals surface area contributed by atoms with E-state index in [1.165, 1.54) is 0 Å². The molecule has 0 fully saturated rings. The molecule has 2 aromatic rings. The van der Waals surface area contributed by atoms with Crippen molar-refractivity contribution in [2.75, 3.05) is 5.73 Å². The van der Waals surface area contributed by atoms with Gasteiger partial charge in [0.25, 0.3) is 0 Å². The van der Waals surface area contributed by atoms with Crippen molar-refractivity contribution in [1.29, 1.82) is 0 Å². The molecule has 0 aliphatic carbocycles. The van der Waals surface area contributed by atoms with Crippen LogP contribution in [0.4, 0.5) is 5.69 Å². The quantitative estimate of drug-likeness (QED) is 0.815. The molecule has 0 aromatic heterocycles. The second-order valence-electron chi connectivity index (χ2n) is 4.25. The Morgan fingerprint density at radius 2 is 1.76 bits per heavy atom. The van der Waals surface area contributed by atoms with Crippen LogP contribution in [-0.4, -0.2) is 0 Å². The van der Waals surface area contributed by atoms with Crippen LogP contribution >= 0.6 is 0 Å². The summed E-state index contributed by atoms with van der Waals surface area (Å²) < 4.78 is 5.76. The molecule has 0 atom stereocenters. The number of benzene rings is 2. The number of rotatable bonds is 3. The SMILES string of the molecule is Cc1ccc(COc2ccccc2C)cc1N. The maximum atomic E-state index is 5.86. The van der Waals surface area contributed by atoms with Crippen molar-refractivity contribution in [3.8, 4) is 5.75 Å². The van der Waals surface area contributed by atoms with Crippen molar-refractivity contribution in [2.45, 2.75) is 20.5 Å². The maximum absolute atomic E-state index is 5.86. The van der Waals surface area contributed by atoms with E-state index in [2.05, 4.69) is 0 Å². The van der Waals surface area contributed by atoms with Crippen molar-refractivity contribution >= 4 is 5.69 Å². The second kappa shape index (κ2) is 4.91. The van der Waals surface area contributed by atoms with Gasteiger partial charge in [0.1, 0.15) is 12.4 Å². The fourth-order valence-corrected chi connectivity index (χ4v) is 1.66. The van der Waals surface area contributed by atoms with E-state index in [4.69, 9.17) is 10.5 Å². The fraction of sp³-hybridized carbons (Fsp3) is 0.200. The highest BCUT2D eigenvalue weighted by molar-refractivity contribution is 5.48. The first-order valence-electron chi connectivity index (χ1n) is 5.70. The standard InChI is InChI=1S/C15H17NO/c1-11-7-8-13(9-14(11)16)10-17-15-6-4-3-5-12(15)2/h3-9H,10,16H2,1-2H3. The molecule has 0 unspecified atom stereocenters. The number of aryl methyl sites for hydroxylation is 2. The van der Waals surface area contributed by atoms with Gasteiger partial charge < -0.3 is 10.5 Å². The Labute approximate surface area is 102 Å². The van der Waals surface area contributed by atoms with Crippen LogP contribution in [0.1, 0.15) is 16.7 Å². The number of nitrogens with two attached hydrogens (primary N) is 1. The summed E-state index contributed by atoms with van der Waals surface area (Å²) in [6, 6.07) is 14.0. The first-order valence-corrected chi connectivity index (χ1v) is 5.70. The summed E-state index contributed by atoms with van der Waals surface area (Å²) in [6.07, 6.45) is 0. The molecule has 2 heteroatoms. The highest BCUT2D eigenvalue weighted by Crippen LogP contribution is 2.19. The molecule has 0 radical (unpaired) electrons. The van der Waals surface area contributed by atoms with Crippen molar-refractivity contribution in [3.05, 3.63) is 59.2 Å². The lowest BCUT2D eigenvalue weighted by atomic mass is 10.1. The predicted molar refractivity (Wildman–Crippen MR) is 71.1 cm³/mol. The zero-order chi connectivity index (χ0) is 12.3. The van der Waals surface area contributed by atoms with Gasteiger partial charge in [-0.1, -0.05) is 30.3 Å². The molecular weight excluding hydrogens is 210 g/mol. The zero-order valence-corrected chi connectivity index (χ0v) is 10.2. The summed E-state index contributed by atoms with van der Waals surface area (Å²) in [6.45, 7) is 4.59. The third kappa shape index (κ3) is 2.78. The molecule has 2 rings (SSSR count). The lowest BCUT2D eigenvalue weighted by Crippen LogP contribution is -1.99. The molecule has 0 heterocycles. The van der Waals surface area contributed by atoms with Crippen LogP contribution in [0.3, 0.4) is 0 Å². The summed E-state index contributed by atoms with van der Waals surface area (Å²) in [7, 11) is 0. The summed E-state index contributed by atoms with van der Waals surface area (Å²) in [4.78, 5) is 0. The Morgan fingerprint density at radius 3 is 2.47 bits per heavy atom. The minimum atomic E-state index is 0.551. The highest BCUT2D eigenvalue weighted by Gasteiger charge is 2.00. The summed E-state index contributed by atoms with van der Waals surface area (Å²) in [5.41, 5.74) is 10.0. The lowest BCUT2D eigenvalue weighted by Gasteiger charge is -2.10. The minimum absolute atomic E-state index is 0.551. The molecule has 17 heavy (non-hydrogen) atoms. The minimum Gasteiger partial charge on any atom is -0.489 e. The third-order valence-electron chi connectivity index (χ3n) is 2.83. The molecule has 0 bridgehead atoms.